The fourth-order valence-electron chi connectivity index (χ4n) is 0.0634. The molecule has 0 bridgehead atoms. The van der Waals surface area contributed by atoms with Crippen molar-refractivity contribution in [2.75, 3.05) is 0 Å². The maximum Gasteiger partial charge on any atom is 0.187 e. The van der Waals surface area contributed by atoms with E-state index < -0.39 is 11.2 Å². The van der Waals surface area contributed by atoms with Crippen LogP contribution in [0.4, 0.5) is 0 Å². The summed E-state index contributed by atoms with van der Waals surface area (Å²) in [5.41, 5.74) is 0. The number of nitrogens with one attached hydrogen (secondary N) is 1. The number of hydrogen-bond acceptors (Lipinski definition) is 1. The van der Waals surface area contributed by atoms with Crippen molar-refractivity contribution < 1.29 is 0 Å². The summed E-state index contributed by atoms with van der Waals surface area (Å²) in [6.07, 6.45) is 0. The maximum atomic E-state index is 7.04. The van der Waals surface area contributed by atoms with Crippen LogP contribution in [0.25, 0.3) is 0 Å². The Bertz CT molecular complexity index is 121. The SMILES string of the molecule is C[Si](C)(P=N)C(Cl)(Cl)Cl. The molecule has 0 heterocycles. The molecule has 0 aromatic heterocycles. The van der Waals surface area contributed by atoms with E-state index in [-0.39, 0.29) is 0 Å². The van der Waals surface area contributed by atoms with Crippen LogP contribution in [0.3, 0.4) is 0 Å². The van der Waals surface area contributed by atoms with Crippen LogP contribution in [0.1, 0.15) is 0 Å². The third kappa shape index (κ3) is 2.73. The lowest BCUT2D eigenvalue weighted by Gasteiger charge is -2.23. The van der Waals surface area contributed by atoms with Gasteiger partial charge in [0.05, 0.1) is 0 Å². The Kier molecular flexibility index (Phi) is 3.46. The Morgan fingerprint density at radius 2 is 1.67 bits per heavy atom. The molecular formula is C3H7Cl3NPSi. The molecule has 54 valence electrons. The largest absolute Gasteiger partial charge is 0.290 e. The highest BCUT2D eigenvalue weighted by atomic mass is 35.6. The van der Waals surface area contributed by atoms with E-state index in [1.165, 1.54) is 0 Å². The van der Waals surface area contributed by atoms with Gasteiger partial charge >= 0.3 is 0 Å². The predicted molar refractivity (Wildman–Crippen MR) is 47.4 cm³/mol. The van der Waals surface area contributed by atoms with E-state index in [1.807, 2.05) is 13.1 Å². The first-order valence-corrected chi connectivity index (χ1v) is 8.13. The van der Waals surface area contributed by atoms with Gasteiger partial charge in [0.1, 0.15) is 0 Å². The van der Waals surface area contributed by atoms with Crippen molar-refractivity contribution in [1.29, 1.82) is 5.16 Å². The second-order valence-electron chi connectivity index (χ2n) is 2.17. The molecule has 0 fully saturated rings. The number of hydrogen-bond donors (Lipinski definition) is 1. The van der Waals surface area contributed by atoms with Crippen LogP contribution in [-0.4, -0.2) is 11.2 Å². The minimum absolute atomic E-state index is 0.478. The Morgan fingerprint density at radius 3 is 1.67 bits per heavy atom. The Balaban J connectivity index is 4.32. The summed E-state index contributed by atoms with van der Waals surface area (Å²) in [7, 11) is -1.47. The molecule has 6 heteroatoms. The van der Waals surface area contributed by atoms with Crippen molar-refractivity contribution in [3.63, 3.8) is 0 Å². The number of rotatable bonds is 1. The zero-order chi connectivity index (χ0) is 7.71. The summed E-state index contributed by atoms with van der Waals surface area (Å²) in [6.45, 7) is 3.74. The maximum absolute atomic E-state index is 7.04. The van der Waals surface area contributed by atoms with Crippen LogP contribution in [0.15, 0.2) is 0 Å². The van der Waals surface area contributed by atoms with Crippen LogP contribution in [0.2, 0.25) is 13.1 Å². The van der Waals surface area contributed by atoms with Gasteiger partial charge in [0, 0.05) is 0 Å². The zero-order valence-electron chi connectivity index (χ0n) is 5.08. The van der Waals surface area contributed by atoms with Gasteiger partial charge in [-0.2, -0.15) is 0 Å². The minimum atomic E-state index is -1.94. The molecule has 0 rings (SSSR count). The second kappa shape index (κ2) is 3.06. The van der Waals surface area contributed by atoms with Gasteiger partial charge < -0.3 is 0 Å². The first-order valence-electron chi connectivity index (χ1n) is 2.26. The third-order valence-corrected chi connectivity index (χ3v) is 11.0. The smallest absolute Gasteiger partial charge is 0.187 e. The van der Waals surface area contributed by atoms with Crippen molar-refractivity contribution in [3.8, 4) is 0 Å². The first kappa shape index (κ1) is 10.2. The van der Waals surface area contributed by atoms with Crippen molar-refractivity contribution in [3.05, 3.63) is 0 Å². The fourth-order valence-corrected chi connectivity index (χ4v) is 1.71. The molecular weight excluding hydrogens is 215 g/mol. The van der Waals surface area contributed by atoms with Crippen molar-refractivity contribution >= 4 is 50.5 Å². The molecule has 9 heavy (non-hydrogen) atoms. The fraction of sp³-hybridized carbons (Fsp3) is 1.00. The van der Waals surface area contributed by atoms with E-state index in [0.717, 1.165) is 0 Å². The molecule has 0 radical (unpaired) electrons. The van der Waals surface area contributed by atoms with E-state index in [9.17, 15) is 0 Å². The highest BCUT2D eigenvalue weighted by Crippen LogP contribution is 2.42. The topological polar surface area (TPSA) is 23.9 Å². The van der Waals surface area contributed by atoms with Gasteiger partial charge in [-0.15, -0.1) is 0 Å². The third-order valence-electron chi connectivity index (χ3n) is 0.973. The zero-order valence-corrected chi connectivity index (χ0v) is 9.24. The molecule has 0 saturated heterocycles. The van der Waals surface area contributed by atoms with Crippen molar-refractivity contribution in [1.82, 2.24) is 0 Å². The van der Waals surface area contributed by atoms with Gasteiger partial charge in [-0.05, 0) is 7.92 Å². The van der Waals surface area contributed by atoms with Crippen molar-refractivity contribution in [2.45, 2.75) is 16.5 Å². The molecule has 0 aliphatic rings. The van der Waals surface area contributed by atoms with Crippen LogP contribution in [-0.2, 0) is 0 Å². The summed E-state index contributed by atoms with van der Waals surface area (Å²) in [4.78, 5) is 0. The molecule has 0 aliphatic heterocycles. The summed E-state index contributed by atoms with van der Waals surface area (Å²) >= 11 is 16.8. The molecule has 0 aromatic carbocycles. The summed E-state index contributed by atoms with van der Waals surface area (Å²) in [5.74, 6) is 0. The quantitative estimate of drug-likeness (QED) is 0.396. The molecule has 0 amide bonds. The lowest BCUT2D eigenvalue weighted by Crippen LogP contribution is -2.35. The van der Waals surface area contributed by atoms with Gasteiger partial charge in [0.15, 0.2) is 11.2 Å². The molecule has 0 spiro atoms. The van der Waals surface area contributed by atoms with E-state index in [1.54, 1.807) is 0 Å². The van der Waals surface area contributed by atoms with Gasteiger partial charge in [0.2, 0.25) is 0 Å². The van der Waals surface area contributed by atoms with E-state index >= 15 is 0 Å². The average Bonchev–Trinajstić information content (AvgIpc) is 1.64. The Morgan fingerprint density at radius 1 is 1.33 bits per heavy atom. The second-order valence-corrected chi connectivity index (χ2v) is 13.5. The molecule has 0 saturated carbocycles. The van der Waals surface area contributed by atoms with Gasteiger partial charge in [-0.25, -0.2) is 0 Å². The van der Waals surface area contributed by atoms with E-state index in [4.69, 9.17) is 40.0 Å². The molecule has 0 atom stereocenters. The molecule has 0 unspecified atom stereocenters. The monoisotopic (exact) mass is 221 g/mol. The molecule has 0 aliphatic carbocycles. The highest BCUT2D eigenvalue weighted by molar-refractivity contribution is 7.76. The predicted octanol–water partition coefficient (Wildman–Crippen LogP) is 3.81. The van der Waals surface area contributed by atoms with Crippen LogP contribution >= 0.6 is 42.7 Å². The molecule has 0 aromatic rings. The van der Waals surface area contributed by atoms with Crippen LogP contribution in [0.5, 0.6) is 0 Å². The van der Waals surface area contributed by atoms with E-state index in [0.29, 0.717) is 7.92 Å². The Labute approximate surface area is 72.2 Å². The summed E-state index contributed by atoms with van der Waals surface area (Å²) in [6, 6.07) is 0. The van der Waals surface area contributed by atoms with E-state index in [2.05, 4.69) is 0 Å². The number of alkyl halides is 3. The van der Waals surface area contributed by atoms with Gasteiger partial charge in [-0.1, -0.05) is 47.9 Å². The lowest BCUT2D eigenvalue weighted by atomic mass is 11.8. The van der Waals surface area contributed by atoms with Crippen LogP contribution < -0.4 is 0 Å². The molecule has 1 N–H and O–H groups in total. The summed E-state index contributed by atoms with van der Waals surface area (Å²) in [5, 5.41) is 7.04. The van der Waals surface area contributed by atoms with Crippen molar-refractivity contribution in [2.24, 2.45) is 0 Å². The highest BCUT2D eigenvalue weighted by Gasteiger charge is 2.42. The van der Waals surface area contributed by atoms with Crippen LogP contribution in [0, 0.1) is 5.16 Å². The first-order chi connectivity index (χ1) is 3.81. The Hall–Kier alpha value is 1.19. The van der Waals surface area contributed by atoms with Gasteiger partial charge in [-0.3, -0.25) is 5.16 Å². The normalized spacial score (nSPS) is 14.3. The average molecular weight is 223 g/mol. The van der Waals surface area contributed by atoms with Gasteiger partial charge in [0.25, 0.3) is 0 Å². The molecule has 1 nitrogen and oxygen atoms in total. The minimum Gasteiger partial charge on any atom is -0.290 e. The summed E-state index contributed by atoms with van der Waals surface area (Å²) < 4.78 is -1.20. The lowest BCUT2D eigenvalue weighted by molar-refractivity contribution is 1.56. The standard InChI is InChI=1S/C3H7Cl3NPSi/c1-9(2,8-7)3(4,5)6/h7H,1-2H3. The number of halogens is 3.